The summed E-state index contributed by atoms with van der Waals surface area (Å²) in [5, 5.41) is 0. The van der Waals surface area contributed by atoms with Crippen LogP contribution in [0.25, 0.3) is 0 Å². The van der Waals surface area contributed by atoms with Gasteiger partial charge in [0.15, 0.2) is 0 Å². The van der Waals surface area contributed by atoms with Crippen molar-refractivity contribution >= 4 is 11.9 Å². The van der Waals surface area contributed by atoms with Gasteiger partial charge in [-0.15, -0.1) is 0 Å². The zero-order chi connectivity index (χ0) is 13.5. The minimum Gasteiger partial charge on any atom is -0.469 e. The maximum Gasteiger partial charge on any atom is 0.310 e. The van der Waals surface area contributed by atoms with Crippen LogP contribution in [0.1, 0.15) is 27.2 Å². The van der Waals surface area contributed by atoms with E-state index in [9.17, 15) is 9.59 Å². The monoisotopic (exact) mass is 252 g/mol. The quantitative estimate of drug-likeness (QED) is 0.556. The highest BCUT2D eigenvalue weighted by atomic mass is 16.6. The minimum absolute atomic E-state index is 0.119. The number of carbonyl (C=O) groups is 2. The molecule has 18 heavy (non-hydrogen) atoms. The molecule has 100 valence electrons. The average Bonchev–Trinajstić information content (AvgIpc) is 2.84. The van der Waals surface area contributed by atoms with E-state index in [0.717, 1.165) is 6.42 Å². The molecule has 2 aliphatic carbocycles. The van der Waals surface area contributed by atoms with Crippen molar-refractivity contribution in [3.8, 4) is 0 Å². The van der Waals surface area contributed by atoms with Crippen LogP contribution in [-0.4, -0.2) is 24.6 Å². The molecule has 0 unspecified atom stereocenters. The number of rotatable bonds is 2. The lowest BCUT2D eigenvalue weighted by Crippen LogP contribution is -2.38. The second-order valence-corrected chi connectivity index (χ2v) is 6.06. The lowest BCUT2D eigenvalue weighted by Gasteiger charge is -2.28. The van der Waals surface area contributed by atoms with Gasteiger partial charge in [0, 0.05) is 0 Å². The van der Waals surface area contributed by atoms with Crippen LogP contribution >= 0.6 is 0 Å². The molecule has 0 aliphatic heterocycles. The smallest absolute Gasteiger partial charge is 0.310 e. The van der Waals surface area contributed by atoms with Crippen LogP contribution in [0.3, 0.4) is 0 Å². The van der Waals surface area contributed by atoms with Gasteiger partial charge in [0.1, 0.15) is 5.60 Å². The second kappa shape index (κ2) is 4.41. The summed E-state index contributed by atoms with van der Waals surface area (Å²) in [4.78, 5) is 24.0. The highest BCUT2D eigenvalue weighted by Gasteiger charge is 2.53. The number of hydrogen-bond acceptors (Lipinski definition) is 4. The largest absolute Gasteiger partial charge is 0.469 e. The zero-order valence-electron chi connectivity index (χ0n) is 11.3. The van der Waals surface area contributed by atoms with E-state index in [1.54, 1.807) is 0 Å². The Balaban J connectivity index is 2.17. The molecule has 0 saturated heterocycles. The van der Waals surface area contributed by atoms with Gasteiger partial charge in [0.25, 0.3) is 0 Å². The van der Waals surface area contributed by atoms with Crippen LogP contribution < -0.4 is 0 Å². The molecular formula is C14H20O4. The molecule has 0 heterocycles. The molecule has 0 radical (unpaired) electrons. The van der Waals surface area contributed by atoms with Crippen molar-refractivity contribution in [3.63, 3.8) is 0 Å². The Morgan fingerprint density at radius 3 is 2.00 bits per heavy atom. The van der Waals surface area contributed by atoms with E-state index < -0.39 is 5.60 Å². The summed E-state index contributed by atoms with van der Waals surface area (Å²) in [6.07, 6.45) is 4.90. The summed E-state index contributed by atoms with van der Waals surface area (Å²) in [5.41, 5.74) is -0.525. The molecule has 4 nitrogen and oxygen atoms in total. The van der Waals surface area contributed by atoms with E-state index in [0.29, 0.717) is 0 Å². The van der Waals surface area contributed by atoms with Crippen molar-refractivity contribution < 1.29 is 19.1 Å². The number of hydrogen-bond donors (Lipinski definition) is 0. The van der Waals surface area contributed by atoms with Gasteiger partial charge in [0.05, 0.1) is 18.9 Å². The third-order valence-electron chi connectivity index (χ3n) is 3.61. The summed E-state index contributed by atoms with van der Waals surface area (Å²) in [7, 11) is 1.37. The maximum absolute atomic E-state index is 12.2. The summed E-state index contributed by atoms with van der Waals surface area (Å²) < 4.78 is 10.2. The lowest BCUT2D eigenvalue weighted by molar-refractivity contribution is -0.168. The first-order chi connectivity index (χ1) is 8.33. The Morgan fingerprint density at radius 1 is 1.06 bits per heavy atom. The topological polar surface area (TPSA) is 52.6 Å². The van der Waals surface area contributed by atoms with Crippen molar-refractivity contribution in [2.24, 2.45) is 23.7 Å². The number of methoxy groups -OCH3 is 1. The molecule has 2 bridgehead atoms. The van der Waals surface area contributed by atoms with E-state index in [4.69, 9.17) is 9.47 Å². The standard InChI is InChI=1S/C14H20O4/c1-14(2,3)18-13(16)11-9-6-5-8(7-9)10(11)12(15)17-4/h5-6,8-11H,7H2,1-4H3/t8-,9+,10-,11-/m0/s1. The Labute approximate surface area is 107 Å². The third-order valence-corrected chi connectivity index (χ3v) is 3.61. The molecule has 0 aromatic heterocycles. The van der Waals surface area contributed by atoms with E-state index >= 15 is 0 Å². The first-order valence-electron chi connectivity index (χ1n) is 6.32. The van der Waals surface area contributed by atoms with Gasteiger partial charge < -0.3 is 9.47 Å². The van der Waals surface area contributed by atoms with Crippen molar-refractivity contribution in [1.82, 2.24) is 0 Å². The molecule has 2 aliphatic rings. The zero-order valence-corrected chi connectivity index (χ0v) is 11.3. The van der Waals surface area contributed by atoms with Gasteiger partial charge in [-0.05, 0) is 39.0 Å². The number of allylic oxidation sites excluding steroid dienone is 2. The molecular weight excluding hydrogens is 232 g/mol. The van der Waals surface area contributed by atoms with Crippen molar-refractivity contribution in [2.45, 2.75) is 32.8 Å². The lowest BCUT2D eigenvalue weighted by atomic mass is 9.83. The third kappa shape index (κ3) is 2.28. The number of fused-ring (bicyclic) bond motifs is 2. The molecule has 0 N–H and O–H groups in total. The Bertz CT molecular complexity index is 391. The SMILES string of the molecule is COC(=O)[C@@H]1[C@@H](C(=O)OC(C)(C)C)[C@@H]2C=C[C@H]1C2. The Hall–Kier alpha value is -1.32. The van der Waals surface area contributed by atoms with E-state index in [1.165, 1.54) is 7.11 Å². The second-order valence-electron chi connectivity index (χ2n) is 6.06. The Kier molecular flexibility index (Phi) is 3.21. The fourth-order valence-corrected chi connectivity index (χ4v) is 2.97. The van der Waals surface area contributed by atoms with E-state index in [1.807, 2.05) is 32.9 Å². The number of esters is 2. The van der Waals surface area contributed by atoms with Crippen molar-refractivity contribution in [1.29, 1.82) is 0 Å². The molecule has 0 aromatic rings. The van der Waals surface area contributed by atoms with Crippen LogP contribution in [0.5, 0.6) is 0 Å². The predicted molar refractivity (Wildman–Crippen MR) is 65.6 cm³/mol. The van der Waals surface area contributed by atoms with Gasteiger partial charge in [-0.2, -0.15) is 0 Å². The molecule has 2 rings (SSSR count). The van der Waals surface area contributed by atoms with Crippen LogP contribution in [0.4, 0.5) is 0 Å². The molecule has 0 aromatic carbocycles. The van der Waals surface area contributed by atoms with Gasteiger partial charge >= 0.3 is 11.9 Å². The summed E-state index contributed by atoms with van der Waals surface area (Å²) in [6, 6.07) is 0. The van der Waals surface area contributed by atoms with E-state index in [-0.39, 0.29) is 35.6 Å². The molecule has 1 saturated carbocycles. The summed E-state index contributed by atoms with van der Waals surface area (Å²) in [6.45, 7) is 5.50. The summed E-state index contributed by atoms with van der Waals surface area (Å²) in [5.74, 6) is -1.10. The molecule has 0 amide bonds. The summed E-state index contributed by atoms with van der Waals surface area (Å²) >= 11 is 0. The Morgan fingerprint density at radius 2 is 1.56 bits per heavy atom. The first kappa shape index (κ1) is 13.1. The normalized spacial score (nSPS) is 33.6. The van der Waals surface area contributed by atoms with Crippen LogP contribution in [0.2, 0.25) is 0 Å². The average molecular weight is 252 g/mol. The van der Waals surface area contributed by atoms with Gasteiger partial charge in [-0.3, -0.25) is 9.59 Å². The fourth-order valence-electron chi connectivity index (χ4n) is 2.97. The van der Waals surface area contributed by atoms with Crippen molar-refractivity contribution in [3.05, 3.63) is 12.2 Å². The van der Waals surface area contributed by atoms with Crippen molar-refractivity contribution in [2.75, 3.05) is 7.11 Å². The molecule has 0 spiro atoms. The number of carbonyl (C=O) groups excluding carboxylic acids is 2. The fraction of sp³-hybridized carbons (Fsp3) is 0.714. The molecule has 4 atom stereocenters. The maximum atomic E-state index is 12.2. The van der Waals surface area contributed by atoms with Gasteiger partial charge in [-0.25, -0.2) is 0 Å². The highest BCUT2D eigenvalue weighted by molar-refractivity contribution is 5.84. The van der Waals surface area contributed by atoms with Crippen LogP contribution in [-0.2, 0) is 19.1 Å². The van der Waals surface area contributed by atoms with Gasteiger partial charge in [0.2, 0.25) is 0 Å². The van der Waals surface area contributed by atoms with Crippen LogP contribution in [0, 0.1) is 23.7 Å². The number of ether oxygens (including phenoxy) is 2. The highest BCUT2D eigenvalue weighted by Crippen LogP contribution is 2.49. The first-order valence-corrected chi connectivity index (χ1v) is 6.32. The minimum atomic E-state index is -0.525. The predicted octanol–water partition coefficient (Wildman–Crippen LogP) is 1.94. The van der Waals surface area contributed by atoms with E-state index in [2.05, 4.69) is 0 Å². The van der Waals surface area contributed by atoms with Gasteiger partial charge in [-0.1, -0.05) is 12.2 Å². The van der Waals surface area contributed by atoms with Crippen LogP contribution in [0.15, 0.2) is 12.2 Å². The molecule has 1 fully saturated rings. The molecule has 4 heteroatoms.